The van der Waals surface area contributed by atoms with Crippen LogP contribution in [0.3, 0.4) is 0 Å². The van der Waals surface area contributed by atoms with Gasteiger partial charge in [-0.2, -0.15) is 0 Å². The number of carbonyl (C=O) groups excluding carboxylic acids is 1. The number of rotatable bonds is 5. The number of nitrogens with one attached hydrogen (secondary N) is 1. The molecular formula is C15H16N2O4. The van der Waals surface area contributed by atoms with Crippen molar-refractivity contribution in [3.63, 3.8) is 0 Å². The Morgan fingerprint density at radius 3 is 2.81 bits per heavy atom. The van der Waals surface area contributed by atoms with Gasteiger partial charge in [0.15, 0.2) is 0 Å². The number of hydrogen-bond donors (Lipinski definition) is 1. The van der Waals surface area contributed by atoms with Gasteiger partial charge in [-0.25, -0.2) is 0 Å². The van der Waals surface area contributed by atoms with Crippen molar-refractivity contribution in [1.29, 1.82) is 0 Å². The number of furan rings is 1. The van der Waals surface area contributed by atoms with Crippen molar-refractivity contribution in [2.24, 2.45) is 0 Å². The van der Waals surface area contributed by atoms with Crippen LogP contribution in [0.15, 0.2) is 41.2 Å². The van der Waals surface area contributed by atoms with E-state index in [0.29, 0.717) is 12.0 Å². The summed E-state index contributed by atoms with van der Waals surface area (Å²) < 4.78 is 4.97. The van der Waals surface area contributed by atoms with Gasteiger partial charge in [-0.1, -0.05) is 6.07 Å². The van der Waals surface area contributed by atoms with Crippen LogP contribution in [-0.2, 0) is 6.42 Å². The summed E-state index contributed by atoms with van der Waals surface area (Å²) in [5, 5.41) is 13.7. The van der Waals surface area contributed by atoms with Gasteiger partial charge in [0.25, 0.3) is 11.6 Å². The fourth-order valence-electron chi connectivity index (χ4n) is 2.07. The Labute approximate surface area is 121 Å². The molecule has 0 aliphatic carbocycles. The number of amides is 1. The molecular weight excluding hydrogens is 272 g/mol. The van der Waals surface area contributed by atoms with E-state index in [1.807, 2.05) is 13.0 Å². The summed E-state index contributed by atoms with van der Waals surface area (Å²) in [6, 6.07) is 6.19. The fraction of sp³-hybridized carbons (Fsp3) is 0.267. The predicted molar refractivity (Wildman–Crippen MR) is 77.2 cm³/mol. The lowest BCUT2D eigenvalue weighted by molar-refractivity contribution is -0.385. The van der Waals surface area contributed by atoms with Crippen LogP contribution in [0.1, 0.15) is 28.4 Å². The smallest absolute Gasteiger partial charge is 0.273 e. The Morgan fingerprint density at radius 2 is 2.19 bits per heavy atom. The summed E-state index contributed by atoms with van der Waals surface area (Å²) in [7, 11) is 0. The zero-order valence-electron chi connectivity index (χ0n) is 11.8. The molecule has 0 bridgehead atoms. The summed E-state index contributed by atoms with van der Waals surface area (Å²) >= 11 is 0. The van der Waals surface area contributed by atoms with E-state index < -0.39 is 4.92 Å². The second-order valence-corrected chi connectivity index (χ2v) is 4.97. The third kappa shape index (κ3) is 3.68. The number of carbonyl (C=O) groups is 1. The zero-order chi connectivity index (χ0) is 15.4. The molecule has 21 heavy (non-hydrogen) atoms. The number of nitro benzene ring substituents is 1. The standard InChI is InChI=1S/C15H16N2O4/c1-10-3-4-13(8-14(10)17(19)20)15(18)16-11(2)7-12-5-6-21-9-12/h3-6,8-9,11H,7H2,1-2H3,(H,16,18). The maximum Gasteiger partial charge on any atom is 0.273 e. The van der Waals surface area contributed by atoms with Gasteiger partial charge in [0.1, 0.15) is 0 Å². The number of aryl methyl sites for hydroxylation is 1. The first kappa shape index (κ1) is 14.8. The van der Waals surface area contributed by atoms with Gasteiger partial charge >= 0.3 is 0 Å². The summed E-state index contributed by atoms with van der Waals surface area (Å²) in [4.78, 5) is 22.5. The third-order valence-electron chi connectivity index (χ3n) is 3.17. The molecule has 1 N–H and O–H groups in total. The van der Waals surface area contributed by atoms with E-state index in [2.05, 4.69) is 5.32 Å². The van der Waals surface area contributed by atoms with Gasteiger partial charge in [-0.15, -0.1) is 0 Å². The largest absolute Gasteiger partial charge is 0.472 e. The highest BCUT2D eigenvalue weighted by Crippen LogP contribution is 2.19. The van der Waals surface area contributed by atoms with E-state index in [1.54, 1.807) is 31.6 Å². The Balaban J connectivity index is 2.06. The first-order valence-electron chi connectivity index (χ1n) is 6.54. The molecule has 0 saturated heterocycles. The monoisotopic (exact) mass is 288 g/mol. The van der Waals surface area contributed by atoms with Crippen molar-refractivity contribution in [3.8, 4) is 0 Å². The van der Waals surface area contributed by atoms with E-state index in [9.17, 15) is 14.9 Å². The van der Waals surface area contributed by atoms with Crippen molar-refractivity contribution in [2.45, 2.75) is 26.3 Å². The Kier molecular flexibility index (Phi) is 4.37. The first-order chi connectivity index (χ1) is 9.97. The second-order valence-electron chi connectivity index (χ2n) is 4.97. The topological polar surface area (TPSA) is 85.4 Å². The summed E-state index contributed by atoms with van der Waals surface area (Å²) in [6.45, 7) is 3.51. The Hall–Kier alpha value is -2.63. The highest BCUT2D eigenvalue weighted by Gasteiger charge is 2.16. The van der Waals surface area contributed by atoms with Crippen LogP contribution < -0.4 is 5.32 Å². The maximum atomic E-state index is 12.1. The summed E-state index contributed by atoms with van der Waals surface area (Å²) in [6.07, 6.45) is 3.84. The lowest BCUT2D eigenvalue weighted by atomic mass is 10.1. The van der Waals surface area contributed by atoms with Crippen LogP contribution in [0.4, 0.5) is 5.69 Å². The van der Waals surface area contributed by atoms with Crippen LogP contribution in [0.25, 0.3) is 0 Å². The Bertz CT molecular complexity index is 650. The molecule has 110 valence electrons. The molecule has 6 heteroatoms. The molecule has 0 radical (unpaired) electrons. The van der Waals surface area contributed by atoms with Crippen molar-refractivity contribution < 1.29 is 14.1 Å². The highest BCUT2D eigenvalue weighted by atomic mass is 16.6. The van der Waals surface area contributed by atoms with E-state index in [4.69, 9.17) is 4.42 Å². The average molecular weight is 288 g/mol. The van der Waals surface area contributed by atoms with Crippen molar-refractivity contribution in [2.75, 3.05) is 0 Å². The molecule has 1 unspecified atom stereocenters. The minimum atomic E-state index is -0.485. The molecule has 1 aromatic carbocycles. The SMILES string of the molecule is Cc1ccc(C(=O)NC(C)Cc2ccoc2)cc1[N+](=O)[O-]. The summed E-state index contributed by atoms with van der Waals surface area (Å²) in [5.41, 5.74) is 1.75. The first-order valence-corrected chi connectivity index (χ1v) is 6.54. The minimum absolute atomic E-state index is 0.0508. The van der Waals surface area contributed by atoms with E-state index in [0.717, 1.165) is 5.56 Å². The molecule has 1 amide bonds. The molecule has 1 aromatic heterocycles. The van der Waals surface area contributed by atoms with E-state index in [1.165, 1.54) is 6.07 Å². The van der Waals surface area contributed by atoms with E-state index in [-0.39, 0.29) is 23.2 Å². The number of nitro groups is 1. The fourth-order valence-corrected chi connectivity index (χ4v) is 2.07. The van der Waals surface area contributed by atoms with Gasteiger partial charge in [0, 0.05) is 23.2 Å². The van der Waals surface area contributed by atoms with Crippen LogP contribution in [0.5, 0.6) is 0 Å². The van der Waals surface area contributed by atoms with Gasteiger partial charge in [-0.3, -0.25) is 14.9 Å². The van der Waals surface area contributed by atoms with Crippen molar-refractivity contribution in [3.05, 3.63) is 63.6 Å². The molecule has 0 aliphatic rings. The number of hydrogen-bond acceptors (Lipinski definition) is 4. The van der Waals surface area contributed by atoms with Gasteiger partial charge in [0.2, 0.25) is 0 Å². The van der Waals surface area contributed by atoms with Crippen LogP contribution in [0, 0.1) is 17.0 Å². The van der Waals surface area contributed by atoms with Crippen molar-refractivity contribution in [1.82, 2.24) is 5.32 Å². The lowest BCUT2D eigenvalue weighted by Gasteiger charge is -2.13. The average Bonchev–Trinajstić information content (AvgIpc) is 2.91. The molecule has 1 heterocycles. The quantitative estimate of drug-likeness (QED) is 0.677. The highest BCUT2D eigenvalue weighted by molar-refractivity contribution is 5.95. The van der Waals surface area contributed by atoms with Crippen molar-refractivity contribution >= 4 is 11.6 Å². The normalized spacial score (nSPS) is 11.9. The number of nitrogens with zero attached hydrogens (tertiary/aromatic N) is 1. The Morgan fingerprint density at radius 1 is 1.43 bits per heavy atom. The molecule has 6 nitrogen and oxygen atoms in total. The second kappa shape index (κ2) is 6.21. The maximum absolute atomic E-state index is 12.1. The number of benzene rings is 1. The predicted octanol–water partition coefficient (Wildman–Crippen LogP) is 2.86. The summed E-state index contributed by atoms with van der Waals surface area (Å²) in [5.74, 6) is -0.325. The lowest BCUT2D eigenvalue weighted by Crippen LogP contribution is -2.34. The molecule has 0 aliphatic heterocycles. The van der Waals surface area contributed by atoms with E-state index >= 15 is 0 Å². The van der Waals surface area contributed by atoms with Gasteiger partial charge < -0.3 is 9.73 Å². The molecule has 1 atom stereocenters. The van der Waals surface area contributed by atoms with Crippen LogP contribution in [-0.4, -0.2) is 16.9 Å². The molecule has 0 fully saturated rings. The van der Waals surface area contributed by atoms with Crippen LogP contribution in [0.2, 0.25) is 0 Å². The molecule has 2 aromatic rings. The molecule has 2 rings (SSSR count). The minimum Gasteiger partial charge on any atom is -0.472 e. The van der Waals surface area contributed by atoms with Gasteiger partial charge in [-0.05, 0) is 38.0 Å². The molecule has 0 saturated carbocycles. The zero-order valence-corrected chi connectivity index (χ0v) is 11.8. The van der Waals surface area contributed by atoms with Crippen LogP contribution >= 0.6 is 0 Å². The third-order valence-corrected chi connectivity index (χ3v) is 3.17. The van der Waals surface area contributed by atoms with Gasteiger partial charge in [0.05, 0.1) is 17.4 Å². The molecule has 0 spiro atoms.